The van der Waals surface area contributed by atoms with E-state index in [1.54, 1.807) is 34.6 Å². The molecule has 3 aromatic heterocycles. The number of nitrogens with one attached hydrogen (secondary N) is 1. The fraction of sp³-hybridized carbons (Fsp3) is 0.0833. The zero-order chi connectivity index (χ0) is 13.2. The Kier molecular flexibility index (Phi) is 3.14. The van der Waals surface area contributed by atoms with Gasteiger partial charge in [-0.3, -0.25) is 0 Å². The van der Waals surface area contributed by atoms with Crippen LogP contribution in [0.3, 0.4) is 0 Å². The molecule has 1 N–H and O–H groups in total. The summed E-state index contributed by atoms with van der Waals surface area (Å²) in [6.45, 7) is 2.04. The zero-order valence-electron chi connectivity index (χ0n) is 10.0. The molecule has 5 nitrogen and oxygen atoms in total. The number of rotatable bonds is 3. The number of furan rings is 1. The van der Waals surface area contributed by atoms with Crippen LogP contribution in [0.2, 0.25) is 0 Å². The molecule has 0 aliphatic rings. The first-order valence-electron chi connectivity index (χ1n) is 5.55. The fourth-order valence-corrected chi connectivity index (χ4v) is 2.55. The minimum Gasteiger partial charge on any atom is -0.461 e. The number of hydrogen-bond donors (Lipinski definition) is 1. The quantitative estimate of drug-likeness (QED) is 0.593. The predicted molar refractivity (Wildman–Crippen MR) is 77.2 cm³/mol. The minimum absolute atomic E-state index is 0.428. The van der Waals surface area contributed by atoms with Gasteiger partial charge in [-0.15, -0.1) is 16.4 Å². The monoisotopic (exact) mass is 290 g/mol. The van der Waals surface area contributed by atoms with Gasteiger partial charge in [-0.2, -0.15) is 9.78 Å². The number of aromatic amines is 1. The van der Waals surface area contributed by atoms with Gasteiger partial charge >= 0.3 is 0 Å². The van der Waals surface area contributed by atoms with Gasteiger partial charge in [0.15, 0.2) is 5.76 Å². The van der Waals surface area contributed by atoms with Crippen LogP contribution in [0.25, 0.3) is 11.6 Å². The molecule has 0 aliphatic heterocycles. The van der Waals surface area contributed by atoms with Gasteiger partial charge < -0.3 is 4.42 Å². The number of aryl methyl sites for hydroxylation is 1. The van der Waals surface area contributed by atoms with Gasteiger partial charge in [0.1, 0.15) is 0 Å². The predicted octanol–water partition coefficient (Wildman–Crippen LogP) is 3.45. The summed E-state index contributed by atoms with van der Waals surface area (Å²) in [5.41, 5.74) is 1.18. The van der Waals surface area contributed by atoms with E-state index in [1.807, 2.05) is 24.4 Å². The molecule has 3 heterocycles. The Morgan fingerprint density at radius 3 is 3.11 bits per heavy atom. The summed E-state index contributed by atoms with van der Waals surface area (Å²) in [5, 5.41) is 13.2. The van der Waals surface area contributed by atoms with Crippen molar-refractivity contribution in [1.82, 2.24) is 14.9 Å². The molecule has 19 heavy (non-hydrogen) atoms. The van der Waals surface area contributed by atoms with Gasteiger partial charge in [-0.25, -0.2) is 5.10 Å². The Morgan fingerprint density at radius 2 is 2.42 bits per heavy atom. The Morgan fingerprint density at radius 1 is 1.53 bits per heavy atom. The molecule has 0 fully saturated rings. The summed E-state index contributed by atoms with van der Waals surface area (Å²) >= 11 is 6.80. The van der Waals surface area contributed by atoms with E-state index in [0.29, 0.717) is 16.4 Å². The standard InChI is InChI=1S/C12H10N4OS2/c1-8-4-6-19-10(8)7-13-16-11(14-15-12(16)18)9-3-2-5-17-9/h2-7H,1H3,(H,15,18)/b13-7+. The van der Waals surface area contributed by atoms with Crippen molar-refractivity contribution in [2.24, 2.45) is 5.10 Å². The van der Waals surface area contributed by atoms with Crippen LogP contribution >= 0.6 is 23.6 Å². The average molecular weight is 290 g/mol. The topological polar surface area (TPSA) is 59.1 Å². The highest BCUT2D eigenvalue weighted by molar-refractivity contribution is 7.71. The number of hydrogen-bond acceptors (Lipinski definition) is 5. The normalized spacial score (nSPS) is 11.4. The van der Waals surface area contributed by atoms with E-state index in [2.05, 4.69) is 15.3 Å². The van der Waals surface area contributed by atoms with Crippen molar-refractivity contribution in [2.75, 3.05) is 0 Å². The summed E-state index contributed by atoms with van der Waals surface area (Å²) in [6, 6.07) is 5.66. The van der Waals surface area contributed by atoms with E-state index >= 15 is 0 Å². The Labute approximate surface area is 118 Å². The van der Waals surface area contributed by atoms with E-state index in [-0.39, 0.29) is 0 Å². The first kappa shape index (κ1) is 12.1. The highest BCUT2D eigenvalue weighted by atomic mass is 32.1. The molecule has 0 saturated carbocycles. The van der Waals surface area contributed by atoms with Gasteiger partial charge in [0.25, 0.3) is 0 Å². The molecule has 3 rings (SSSR count). The zero-order valence-corrected chi connectivity index (χ0v) is 11.7. The number of thiophene rings is 1. The molecule has 96 valence electrons. The lowest BCUT2D eigenvalue weighted by Crippen LogP contribution is -1.93. The smallest absolute Gasteiger partial charge is 0.219 e. The maximum Gasteiger partial charge on any atom is 0.219 e. The van der Waals surface area contributed by atoms with E-state index in [0.717, 1.165) is 4.88 Å². The van der Waals surface area contributed by atoms with E-state index < -0.39 is 0 Å². The lowest BCUT2D eigenvalue weighted by Gasteiger charge is -1.96. The molecule has 7 heteroatoms. The largest absolute Gasteiger partial charge is 0.461 e. The highest BCUT2D eigenvalue weighted by Gasteiger charge is 2.10. The van der Waals surface area contributed by atoms with Crippen molar-refractivity contribution >= 4 is 29.8 Å². The molecule has 0 aliphatic carbocycles. The summed E-state index contributed by atoms with van der Waals surface area (Å²) < 4.78 is 7.29. The Balaban J connectivity index is 2.02. The van der Waals surface area contributed by atoms with Crippen LogP contribution in [-0.4, -0.2) is 21.1 Å². The molecule has 0 aromatic carbocycles. The second-order valence-corrected chi connectivity index (χ2v) is 5.19. The van der Waals surface area contributed by atoms with Gasteiger partial charge in [0, 0.05) is 0 Å². The lowest BCUT2D eigenvalue weighted by molar-refractivity contribution is 0.573. The van der Waals surface area contributed by atoms with Crippen molar-refractivity contribution in [1.29, 1.82) is 0 Å². The maximum atomic E-state index is 5.31. The molecule has 0 spiro atoms. The second kappa shape index (κ2) is 4.94. The first-order chi connectivity index (χ1) is 9.25. The average Bonchev–Trinajstić information content (AvgIpc) is 3.09. The summed E-state index contributed by atoms with van der Waals surface area (Å²) in [5.74, 6) is 1.17. The van der Waals surface area contributed by atoms with E-state index in [4.69, 9.17) is 16.6 Å². The van der Waals surface area contributed by atoms with Gasteiger partial charge in [0.2, 0.25) is 10.6 Å². The summed E-state index contributed by atoms with van der Waals surface area (Å²) in [4.78, 5) is 1.09. The third kappa shape index (κ3) is 2.29. The van der Waals surface area contributed by atoms with Crippen molar-refractivity contribution < 1.29 is 4.42 Å². The van der Waals surface area contributed by atoms with Crippen molar-refractivity contribution in [3.63, 3.8) is 0 Å². The molecule has 3 aromatic rings. The van der Waals surface area contributed by atoms with Crippen LogP contribution in [-0.2, 0) is 0 Å². The SMILES string of the molecule is Cc1ccsc1/C=N/n1c(-c2ccco2)n[nH]c1=S. The van der Waals surface area contributed by atoms with Crippen molar-refractivity contribution in [3.8, 4) is 11.6 Å². The molecule has 0 radical (unpaired) electrons. The van der Waals surface area contributed by atoms with Crippen LogP contribution in [0.15, 0.2) is 39.4 Å². The van der Waals surface area contributed by atoms with Crippen LogP contribution in [0, 0.1) is 11.7 Å². The molecule has 0 bridgehead atoms. The van der Waals surface area contributed by atoms with Gasteiger partial charge in [0.05, 0.1) is 17.4 Å². The number of H-pyrrole nitrogens is 1. The third-order valence-electron chi connectivity index (χ3n) is 2.58. The molecular formula is C12H10N4OS2. The van der Waals surface area contributed by atoms with Crippen LogP contribution in [0.1, 0.15) is 10.4 Å². The molecule has 0 unspecified atom stereocenters. The molecule has 0 atom stereocenters. The van der Waals surface area contributed by atoms with Gasteiger partial charge in [-0.1, -0.05) is 0 Å². The molecule has 0 saturated heterocycles. The van der Waals surface area contributed by atoms with Crippen LogP contribution in [0.5, 0.6) is 0 Å². The molecular weight excluding hydrogens is 280 g/mol. The van der Waals surface area contributed by atoms with Crippen LogP contribution in [0.4, 0.5) is 0 Å². The lowest BCUT2D eigenvalue weighted by atomic mass is 10.3. The Hall–Kier alpha value is -1.99. The number of aromatic nitrogens is 3. The van der Waals surface area contributed by atoms with Gasteiger partial charge in [-0.05, 0) is 48.3 Å². The number of nitrogens with zero attached hydrogens (tertiary/aromatic N) is 3. The second-order valence-electron chi connectivity index (χ2n) is 3.85. The fourth-order valence-electron chi connectivity index (χ4n) is 1.59. The van der Waals surface area contributed by atoms with Crippen molar-refractivity contribution in [3.05, 3.63) is 45.1 Å². The Bertz CT molecular complexity index is 764. The third-order valence-corrected chi connectivity index (χ3v) is 3.80. The van der Waals surface area contributed by atoms with Crippen LogP contribution < -0.4 is 0 Å². The van der Waals surface area contributed by atoms with Crippen molar-refractivity contribution in [2.45, 2.75) is 6.92 Å². The van der Waals surface area contributed by atoms with E-state index in [1.165, 1.54) is 5.56 Å². The minimum atomic E-state index is 0.428. The van der Waals surface area contributed by atoms with E-state index in [9.17, 15) is 0 Å². The highest BCUT2D eigenvalue weighted by Crippen LogP contribution is 2.18. The molecule has 0 amide bonds. The first-order valence-corrected chi connectivity index (χ1v) is 6.84. The summed E-state index contributed by atoms with van der Waals surface area (Å²) in [6.07, 6.45) is 3.36. The maximum absolute atomic E-state index is 5.31. The summed E-state index contributed by atoms with van der Waals surface area (Å²) in [7, 11) is 0.